The minimum absolute atomic E-state index is 0.209. The van der Waals surface area contributed by atoms with Crippen molar-refractivity contribution >= 4 is 55.8 Å². The van der Waals surface area contributed by atoms with Gasteiger partial charge >= 0.3 is 12.0 Å². The molecule has 1 saturated heterocycles. The Balaban J connectivity index is 2.22. The molecule has 3 amide bonds. The third-order valence-electron chi connectivity index (χ3n) is 3.30. The van der Waals surface area contributed by atoms with Crippen LogP contribution in [0, 0.1) is 0 Å². The van der Waals surface area contributed by atoms with Gasteiger partial charge in [-0.25, -0.2) is 9.59 Å². The molecule has 2 rings (SSSR count). The first kappa shape index (κ1) is 19.5. The topological polar surface area (TPSA) is 84.9 Å². The van der Waals surface area contributed by atoms with Gasteiger partial charge in [-0.2, -0.15) is 0 Å². The minimum Gasteiger partial charge on any atom is -0.480 e. The van der Waals surface area contributed by atoms with Crippen LogP contribution in [0.25, 0.3) is 6.08 Å². The summed E-state index contributed by atoms with van der Waals surface area (Å²) in [5, 5.41) is 2.56. The van der Waals surface area contributed by atoms with Crippen LogP contribution in [0.15, 0.2) is 26.8 Å². The number of amides is 3. The zero-order valence-corrected chi connectivity index (χ0v) is 16.8. The van der Waals surface area contributed by atoms with Gasteiger partial charge in [0.25, 0.3) is 5.91 Å². The maximum Gasteiger partial charge on any atom is 0.343 e. The van der Waals surface area contributed by atoms with Gasteiger partial charge in [0, 0.05) is 6.54 Å². The van der Waals surface area contributed by atoms with Crippen molar-refractivity contribution < 1.29 is 23.9 Å². The Hall–Kier alpha value is -1.87. The molecule has 7 nitrogen and oxygen atoms in total. The summed E-state index contributed by atoms with van der Waals surface area (Å²) < 4.78 is 11.1. The number of nitrogens with one attached hydrogen (secondary N) is 1. The summed E-state index contributed by atoms with van der Waals surface area (Å²) in [6, 6.07) is 3.01. The van der Waals surface area contributed by atoms with E-state index in [9.17, 15) is 14.4 Å². The van der Waals surface area contributed by atoms with Gasteiger partial charge in [0.2, 0.25) is 0 Å². The smallest absolute Gasteiger partial charge is 0.343 e. The highest BCUT2D eigenvalue weighted by molar-refractivity contribution is 9.11. The lowest BCUT2D eigenvalue weighted by molar-refractivity contribution is -0.143. The first-order valence-corrected chi connectivity index (χ1v) is 8.99. The number of carbonyl (C=O) groups excluding carboxylic acids is 3. The van der Waals surface area contributed by atoms with Crippen molar-refractivity contribution in [1.82, 2.24) is 10.2 Å². The number of hydrogen-bond acceptors (Lipinski definition) is 5. The van der Waals surface area contributed by atoms with Gasteiger partial charge in [0.1, 0.15) is 11.4 Å². The van der Waals surface area contributed by atoms with Crippen LogP contribution >= 0.6 is 31.9 Å². The number of imide groups is 1. The summed E-state index contributed by atoms with van der Waals surface area (Å²) >= 11 is 6.73. The average molecular weight is 476 g/mol. The fourth-order valence-electron chi connectivity index (χ4n) is 2.16. The van der Waals surface area contributed by atoms with E-state index in [-0.39, 0.29) is 18.2 Å². The Kier molecular flexibility index (Phi) is 6.60. The Morgan fingerprint density at radius 2 is 1.92 bits per heavy atom. The molecule has 0 saturated carbocycles. The molecule has 0 spiro atoms. The van der Waals surface area contributed by atoms with E-state index in [0.29, 0.717) is 33.2 Å². The zero-order valence-electron chi connectivity index (χ0n) is 13.6. The van der Waals surface area contributed by atoms with Crippen LogP contribution in [0.1, 0.15) is 18.9 Å². The highest BCUT2D eigenvalue weighted by Gasteiger charge is 2.32. The second kappa shape index (κ2) is 8.48. The molecule has 9 heteroatoms. The van der Waals surface area contributed by atoms with Crippen LogP contribution in [-0.4, -0.2) is 43.1 Å². The molecule has 1 aliphatic rings. The van der Waals surface area contributed by atoms with E-state index in [1.54, 1.807) is 18.2 Å². The van der Waals surface area contributed by atoms with E-state index in [4.69, 9.17) is 4.74 Å². The van der Waals surface area contributed by atoms with Crippen molar-refractivity contribution in [3.63, 3.8) is 0 Å². The van der Waals surface area contributed by atoms with Gasteiger partial charge in [-0.3, -0.25) is 9.69 Å². The highest BCUT2D eigenvalue weighted by atomic mass is 79.9. The van der Waals surface area contributed by atoms with Crippen molar-refractivity contribution in [2.24, 2.45) is 0 Å². The quantitative estimate of drug-likeness (QED) is 0.388. The second-order valence-electron chi connectivity index (χ2n) is 5.12. The van der Waals surface area contributed by atoms with Crippen molar-refractivity contribution in [2.75, 3.05) is 20.3 Å². The largest absolute Gasteiger partial charge is 0.480 e. The van der Waals surface area contributed by atoms with E-state index in [1.807, 2.05) is 6.92 Å². The number of urea groups is 1. The molecule has 0 unspecified atom stereocenters. The first-order chi connectivity index (χ1) is 11.9. The number of nitrogens with zero attached hydrogens (tertiary/aromatic N) is 1. The molecular formula is C16H16Br2N2O5. The van der Waals surface area contributed by atoms with Gasteiger partial charge in [-0.15, -0.1) is 0 Å². The van der Waals surface area contributed by atoms with Crippen molar-refractivity contribution in [3.05, 3.63) is 32.3 Å². The Morgan fingerprint density at radius 3 is 2.48 bits per heavy atom. The standard InChI is InChI=1S/C16H16Br2N2O5/c1-3-4-20-15(22)12(19-16(20)23)7-9-5-10(17)14(11(18)6-9)25-8-13(21)24-2/h5-7H,3-4,8H2,1-2H3,(H,19,23)/b12-7+. The van der Waals surface area contributed by atoms with Gasteiger partial charge < -0.3 is 14.8 Å². The lowest BCUT2D eigenvalue weighted by atomic mass is 10.2. The second-order valence-corrected chi connectivity index (χ2v) is 6.83. The first-order valence-electron chi connectivity index (χ1n) is 7.40. The fourth-order valence-corrected chi connectivity index (χ4v) is 3.61. The summed E-state index contributed by atoms with van der Waals surface area (Å²) in [5.41, 5.74) is 0.881. The molecule has 0 aliphatic carbocycles. The molecule has 0 atom stereocenters. The van der Waals surface area contributed by atoms with E-state index in [0.717, 1.165) is 0 Å². The normalized spacial score (nSPS) is 15.5. The molecular weight excluding hydrogens is 460 g/mol. The van der Waals surface area contributed by atoms with Crippen LogP contribution in [0.4, 0.5) is 4.79 Å². The number of ether oxygens (including phenoxy) is 2. The zero-order chi connectivity index (χ0) is 18.6. The van der Waals surface area contributed by atoms with Crippen LogP contribution in [0.5, 0.6) is 5.75 Å². The molecule has 0 bridgehead atoms. The van der Waals surface area contributed by atoms with Crippen LogP contribution in [0.3, 0.4) is 0 Å². The maximum absolute atomic E-state index is 12.2. The average Bonchev–Trinajstić information content (AvgIpc) is 2.81. The van der Waals surface area contributed by atoms with Gasteiger partial charge in [-0.1, -0.05) is 6.92 Å². The van der Waals surface area contributed by atoms with Crippen LogP contribution in [0.2, 0.25) is 0 Å². The SMILES string of the molecule is CCCN1C(=O)N/C(=C/c2cc(Br)c(OCC(=O)OC)c(Br)c2)C1=O. The summed E-state index contributed by atoms with van der Waals surface area (Å²) in [6.45, 7) is 2.04. The number of hydrogen-bond donors (Lipinski definition) is 1. The van der Waals surface area contributed by atoms with E-state index >= 15 is 0 Å². The Morgan fingerprint density at radius 1 is 1.28 bits per heavy atom. The summed E-state index contributed by atoms with van der Waals surface area (Å²) in [5.74, 6) is -0.424. The molecule has 0 aromatic heterocycles. The van der Waals surface area contributed by atoms with E-state index in [2.05, 4.69) is 41.9 Å². The van der Waals surface area contributed by atoms with Crippen LogP contribution < -0.4 is 10.1 Å². The molecule has 134 valence electrons. The van der Waals surface area contributed by atoms with Crippen molar-refractivity contribution in [1.29, 1.82) is 0 Å². The van der Waals surface area contributed by atoms with E-state index < -0.39 is 12.0 Å². The molecule has 1 aromatic carbocycles. The number of halogens is 2. The predicted molar refractivity (Wildman–Crippen MR) is 97.9 cm³/mol. The number of methoxy groups -OCH3 is 1. The maximum atomic E-state index is 12.2. The van der Waals surface area contributed by atoms with Crippen molar-refractivity contribution in [3.8, 4) is 5.75 Å². The Labute approximate surface area is 161 Å². The van der Waals surface area contributed by atoms with Crippen molar-refractivity contribution in [2.45, 2.75) is 13.3 Å². The lowest BCUT2D eigenvalue weighted by Crippen LogP contribution is -2.31. The molecule has 1 fully saturated rings. The third-order valence-corrected chi connectivity index (χ3v) is 4.48. The van der Waals surface area contributed by atoms with E-state index in [1.165, 1.54) is 12.0 Å². The molecule has 1 aromatic rings. The minimum atomic E-state index is -0.500. The monoisotopic (exact) mass is 474 g/mol. The predicted octanol–water partition coefficient (Wildman–Crippen LogP) is 3.07. The molecule has 0 radical (unpaired) electrons. The van der Waals surface area contributed by atoms with Crippen LogP contribution in [-0.2, 0) is 14.3 Å². The molecule has 1 aliphatic heterocycles. The molecule has 25 heavy (non-hydrogen) atoms. The lowest BCUT2D eigenvalue weighted by Gasteiger charge is -2.10. The Bertz CT molecular complexity index is 725. The number of carbonyl (C=O) groups is 3. The molecule has 1 N–H and O–H groups in total. The number of benzene rings is 1. The van der Waals surface area contributed by atoms with Gasteiger partial charge in [0.05, 0.1) is 16.1 Å². The third kappa shape index (κ3) is 4.60. The van der Waals surface area contributed by atoms with Gasteiger partial charge in [0.15, 0.2) is 6.61 Å². The number of rotatable bonds is 6. The fraction of sp³-hybridized carbons (Fsp3) is 0.312. The molecule has 1 heterocycles. The summed E-state index contributed by atoms with van der Waals surface area (Å²) in [4.78, 5) is 36.4. The number of esters is 1. The van der Waals surface area contributed by atoms with Gasteiger partial charge in [-0.05, 0) is 62.1 Å². The highest BCUT2D eigenvalue weighted by Crippen LogP contribution is 2.35. The summed E-state index contributed by atoms with van der Waals surface area (Å²) in [7, 11) is 1.28. The summed E-state index contributed by atoms with van der Waals surface area (Å²) in [6.07, 6.45) is 2.27.